The molecule has 0 saturated carbocycles. The first kappa shape index (κ1) is 18.6. The Bertz CT molecular complexity index is 685. The molecule has 0 spiro atoms. The molecule has 7 nitrogen and oxygen atoms in total. The number of carbonyl (C=O) groups is 2. The second kappa shape index (κ2) is 8.96. The van der Waals surface area contributed by atoms with Crippen molar-refractivity contribution in [2.75, 3.05) is 6.54 Å². The summed E-state index contributed by atoms with van der Waals surface area (Å²) in [7, 11) is 0. The fourth-order valence-corrected chi connectivity index (χ4v) is 2.74. The van der Waals surface area contributed by atoms with Crippen molar-refractivity contribution < 1.29 is 14.5 Å². The minimum absolute atomic E-state index is 0.154. The van der Waals surface area contributed by atoms with Crippen molar-refractivity contribution in [2.45, 2.75) is 45.1 Å². The van der Waals surface area contributed by atoms with Crippen molar-refractivity contribution in [3.05, 3.63) is 51.6 Å². The summed E-state index contributed by atoms with van der Waals surface area (Å²) in [6.45, 7) is 2.13. The molecule has 2 N–H and O–H groups in total. The summed E-state index contributed by atoms with van der Waals surface area (Å²) in [5, 5.41) is 16.1. The lowest BCUT2D eigenvalue weighted by Crippen LogP contribution is -2.45. The van der Waals surface area contributed by atoms with Crippen LogP contribution in [-0.2, 0) is 4.79 Å². The Morgan fingerprint density at radius 3 is 2.80 bits per heavy atom. The second-order valence-corrected chi connectivity index (χ2v) is 6.15. The number of non-ortho nitro benzene ring substituents is 1. The lowest BCUT2D eigenvalue weighted by Gasteiger charge is -2.16. The smallest absolute Gasteiger partial charge is 0.270 e. The zero-order valence-corrected chi connectivity index (χ0v) is 14.3. The van der Waals surface area contributed by atoms with Gasteiger partial charge in [0, 0.05) is 24.2 Å². The van der Waals surface area contributed by atoms with Gasteiger partial charge in [-0.15, -0.1) is 0 Å². The van der Waals surface area contributed by atoms with Crippen LogP contribution in [0, 0.1) is 10.1 Å². The molecule has 0 fully saturated rings. The Labute approximate surface area is 146 Å². The van der Waals surface area contributed by atoms with E-state index in [2.05, 4.69) is 16.7 Å². The van der Waals surface area contributed by atoms with Crippen LogP contribution in [0.2, 0.25) is 0 Å². The van der Waals surface area contributed by atoms with E-state index in [1.54, 1.807) is 6.92 Å². The van der Waals surface area contributed by atoms with Gasteiger partial charge in [-0.1, -0.05) is 17.7 Å². The Kier molecular flexibility index (Phi) is 6.68. The predicted octanol–water partition coefficient (Wildman–Crippen LogP) is 2.72. The number of carbonyl (C=O) groups excluding carboxylic acids is 2. The number of nitrogens with one attached hydrogen (secondary N) is 2. The molecule has 1 aromatic carbocycles. The normalized spacial score (nSPS) is 15.0. The van der Waals surface area contributed by atoms with E-state index in [0.29, 0.717) is 6.54 Å². The zero-order chi connectivity index (χ0) is 18.2. The summed E-state index contributed by atoms with van der Waals surface area (Å²) in [5.41, 5.74) is 1.37. The fraction of sp³-hybridized carbons (Fsp3) is 0.444. The van der Waals surface area contributed by atoms with Gasteiger partial charge in [-0.05, 0) is 45.1 Å². The molecule has 2 rings (SSSR count). The molecule has 134 valence electrons. The molecule has 1 aliphatic carbocycles. The average Bonchev–Trinajstić information content (AvgIpc) is 2.62. The van der Waals surface area contributed by atoms with Gasteiger partial charge in [0.15, 0.2) is 0 Å². The SMILES string of the molecule is CC(NC(=O)c1cccc([N+](=O)[O-])c1)C(=O)NCCC1=CCCCC1. The average molecular weight is 345 g/mol. The van der Waals surface area contributed by atoms with E-state index >= 15 is 0 Å². The van der Waals surface area contributed by atoms with Crippen LogP contribution in [0.5, 0.6) is 0 Å². The van der Waals surface area contributed by atoms with Crippen LogP contribution < -0.4 is 10.6 Å². The summed E-state index contributed by atoms with van der Waals surface area (Å²) >= 11 is 0. The third-order valence-electron chi connectivity index (χ3n) is 4.19. The van der Waals surface area contributed by atoms with Crippen LogP contribution in [0.4, 0.5) is 5.69 Å². The molecule has 0 saturated heterocycles. The highest BCUT2D eigenvalue weighted by Gasteiger charge is 2.18. The molecular weight excluding hydrogens is 322 g/mol. The molecule has 0 bridgehead atoms. The van der Waals surface area contributed by atoms with Gasteiger partial charge < -0.3 is 10.6 Å². The molecule has 0 aromatic heterocycles. The van der Waals surface area contributed by atoms with Gasteiger partial charge >= 0.3 is 0 Å². The maximum absolute atomic E-state index is 12.1. The topological polar surface area (TPSA) is 101 Å². The number of rotatable bonds is 7. The Morgan fingerprint density at radius 1 is 1.32 bits per heavy atom. The van der Waals surface area contributed by atoms with E-state index in [4.69, 9.17) is 0 Å². The molecule has 1 aromatic rings. The van der Waals surface area contributed by atoms with E-state index in [0.717, 1.165) is 19.3 Å². The molecule has 0 heterocycles. The van der Waals surface area contributed by atoms with Crippen molar-refractivity contribution >= 4 is 17.5 Å². The van der Waals surface area contributed by atoms with Crippen molar-refractivity contribution in [3.63, 3.8) is 0 Å². The van der Waals surface area contributed by atoms with Gasteiger partial charge in [0.2, 0.25) is 5.91 Å². The fourth-order valence-electron chi connectivity index (χ4n) is 2.74. The van der Waals surface area contributed by atoms with Crippen molar-refractivity contribution in [3.8, 4) is 0 Å². The van der Waals surface area contributed by atoms with Gasteiger partial charge in [-0.3, -0.25) is 19.7 Å². The number of benzene rings is 1. The van der Waals surface area contributed by atoms with Crippen LogP contribution in [0.1, 0.15) is 49.4 Å². The maximum Gasteiger partial charge on any atom is 0.270 e. The minimum atomic E-state index is -0.716. The lowest BCUT2D eigenvalue weighted by atomic mass is 9.97. The molecule has 0 aliphatic heterocycles. The third-order valence-corrected chi connectivity index (χ3v) is 4.19. The van der Waals surface area contributed by atoms with E-state index in [1.807, 2.05) is 0 Å². The van der Waals surface area contributed by atoms with Gasteiger partial charge in [0.25, 0.3) is 11.6 Å². The summed E-state index contributed by atoms with van der Waals surface area (Å²) in [5.74, 6) is -0.781. The molecular formula is C18H23N3O4. The first-order valence-electron chi connectivity index (χ1n) is 8.48. The van der Waals surface area contributed by atoms with Crippen LogP contribution in [0.3, 0.4) is 0 Å². The second-order valence-electron chi connectivity index (χ2n) is 6.15. The number of nitro benzene ring substituents is 1. The summed E-state index contributed by atoms with van der Waals surface area (Å²) in [6.07, 6.45) is 7.71. The number of hydrogen-bond acceptors (Lipinski definition) is 4. The van der Waals surface area contributed by atoms with E-state index in [-0.39, 0.29) is 17.2 Å². The number of nitro groups is 1. The zero-order valence-electron chi connectivity index (χ0n) is 14.3. The van der Waals surface area contributed by atoms with Crippen molar-refractivity contribution in [1.29, 1.82) is 0 Å². The van der Waals surface area contributed by atoms with E-state index < -0.39 is 16.9 Å². The summed E-state index contributed by atoms with van der Waals surface area (Å²) in [6, 6.07) is 4.70. The Morgan fingerprint density at radius 2 is 2.12 bits per heavy atom. The minimum Gasteiger partial charge on any atom is -0.354 e. The number of nitrogens with zero attached hydrogens (tertiary/aromatic N) is 1. The van der Waals surface area contributed by atoms with Crippen LogP contribution in [-0.4, -0.2) is 29.3 Å². The molecule has 0 radical (unpaired) electrons. The van der Waals surface area contributed by atoms with E-state index in [1.165, 1.54) is 42.7 Å². The Balaban J connectivity index is 1.81. The van der Waals surface area contributed by atoms with Gasteiger partial charge in [-0.2, -0.15) is 0 Å². The van der Waals surface area contributed by atoms with E-state index in [9.17, 15) is 19.7 Å². The monoisotopic (exact) mass is 345 g/mol. The lowest BCUT2D eigenvalue weighted by molar-refractivity contribution is -0.384. The first-order valence-corrected chi connectivity index (χ1v) is 8.48. The van der Waals surface area contributed by atoms with Crippen LogP contribution in [0.15, 0.2) is 35.9 Å². The first-order chi connectivity index (χ1) is 12.0. The van der Waals surface area contributed by atoms with Gasteiger partial charge in [-0.25, -0.2) is 0 Å². The highest BCUT2D eigenvalue weighted by Crippen LogP contribution is 2.19. The number of hydrogen-bond donors (Lipinski definition) is 2. The summed E-state index contributed by atoms with van der Waals surface area (Å²) in [4.78, 5) is 34.4. The van der Waals surface area contributed by atoms with Crippen LogP contribution >= 0.6 is 0 Å². The van der Waals surface area contributed by atoms with Crippen LogP contribution in [0.25, 0.3) is 0 Å². The molecule has 2 amide bonds. The maximum atomic E-state index is 12.1. The Hall–Kier alpha value is -2.70. The van der Waals surface area contributed by atoms with Crippen molar-refractivity contribution in [2.24, 2.45) is 0 Å². The largest absolute Gasteiger partial charge is 0.354 e. The number of amides is 2. The van der Waals surface area contributed by atoms with Gasteiger partial charge in [0.1, 0.15) is 6.04 Å². The highest BCUT2D eigenvalue weighted by molar-refractivity contribution is 5.97. The van der Waals surface area contributed by atoms with Crippen molar-refractivity contribution in [1.82, 2.24) is 10.6 Å². The molecule has 1 aliphatic rings. The standard InChI is InChI=1S/C18H23N3O4/c1-13(17(22)19-11-10-14-6-3-2-4-7-14)20-18(23)15-8-5-9-16(12-15)21(24)25/h5-6,8-9,12-13H,2-4,7,10-11H2,1H3,(H,19,22)(H,20,23). The predicted molar refractivity (Wildman–Crippen MR) is 94.2 cm³/mol. The van der Waals surface area contributed by atoms with Gasteiger partial charge in [0.05, 0.1) is 4.92 Å². The molecule has 1 atom stereocenters. The molecule has 25 heavy (non-hydrogen) atoms. The molecule has 1 unspecified atom stereocenters. The quantitative estimate of drug-likeness (QED) is 0.451. The highest BCUT2D eigenvalue weighted by atomic mass is 16.6. The third kappa shape index (κ3) is 5.70. The molecule has 7 heteroatoms. The summed E-state index contributed by atoms with van der Waals surface area (Å²) < 4.78 is 0. The number of allylic oxidation sites excluding steroid dienone is 1.